The molecule has 1 amide bonds. The molecule has 3 aromatic rings. The van der Waals surface area contributed by atoms with Crippen LogP contribution in [0.3, 0.4) is 0 Å². The summed E-state index contributed by atoms with van der Waals surface area (Å²) in [4.78, 5) is 26.7. The van der Waals surface area contributed by atoms with E-state index in [-0.39, 0.29) is 18.2 Å². The molecule has 9 heteroatoms. The molecule has 1 aromatic heterocycles. The minimum Gasteiger partial charge on any atom is -0.483 e. The Morgan fingerprint density at radius 1 is 1.30 bits per heavy atom. The number of carbonyl (C=O) groups is 1. The summed E-state index contributed by atoms with van der Waals surface area (Å²) >= 11 is 4.71. The second-order valence-corrected chi connectivity index (χ2v) is 7.36. The molecule has 1 heterocycles. The number of thiazole rings is 1. The second kappa shape index (κ2) is 8.28. The van der Waals surface area contributed by atoms with Gasteiger partial charge in [-0.2, -0.15) is 0 Å². The topological polar surface area (TPSA) is 94.4 Å². The molecular weight excluding hydrogens is 434 g/mol. The molecule has 0 unspecified atom stereocenters. The van der Waals surface area contributed by atoms with E-state index in [1.807, 2.05) is 29.6 Å². The van der Waals surface area contributed by atoms with E-state index in [0.717, 1.165) is 15.7 Å². The third-order valence-electron chi connectivity index (χ3n) is 3.62. The standard InChI is InChI=1S/C18H14BrN3O4S/c1-11-8-14(22(24)25)6-7-16(11)26-9-17(23)21-18-20-15(10-27-18)12-2-4-13(19)5-3-12/h2-8,10H,9H2,1H3,(H,20,21,23). The zero-order valence-corrected chi connectivity index (χ0v) is 16.5. The number of nitro groups is 1. The van der Waals surface area contributed by atoms with Crippen LogP contribution in [-0.2, 0) is 4.79 Å². The minimum atomic E-state index is -0.477. The fourth-order valence-electron chi connectivity index (χ4n) is 2.29. The van der Waals surface area contributed by atoms with Gasteiger partial charge in [-0.25, -0.2) is 4.98 Å². The molecule has 0 spiro atoms. The lowest BCUT2D eigenvalue weighted by atomic mass is 10.2. The number of nitrogens with one attached hydrogen (secondary N) is 1. The van der Waals surface area contributed by atoms with Crippen molar-refractivity contribution >= 4 is 44.0 Å². The fourth-order valence-corrected chi connectivity index (χ4v) is 3.29. The van der Waals surface area contributed by atoms with Crippen LogP contribution in [0, 0.1) is 17.0 Å². The van der Waals surface area contributed by atoms with Gasteiger partial charge in [0.05, 0.1) is 10.6 Å². The number of nitrogens with zero attached hydrogens (tertiary/aromatic N) is 2. The number of amides is 1. The maximum Gasteiger partial charge on any atom is 0.269 e. The van der Waals surface area contributed by atoms with Crippen LogP contribution in [-0.4, -0.2) is 22.4 Å². The molecule has 0 atom stereocenters. The smallest absolute Gasteiger partial charge is 0.269 e. The number of nitro benzene ring substituents is 1. The van der Waals surface area contributed by atoms with E-state index in [0.29, 0.717) is 16.4 Å². The van der Waals surface area contributed by atoms with Gasteiger partial charge in [-0.3, -0.25) is 20.2 Å². The third-order valence-corrected chi connectivity index (χ3v) is 4.91. The van der Waals surface area contributed by atoms with Crippen molar-refractivity contribution in [3.05, 3.63) is 68.0 Å². The maximum atomic E-state index is 12.1. The van der Waals surface area contributed by atoms with Gasteiger partial charge in [-0.1, -0.05) is 28.1 Å². The van der Waals surface area contributed by atoms with Gasteiger partial charge < -0.3 is 4.74 Å². The van der Waals surface area contributed by atoms with E-state index < -0.39 is 4.92 Å². The van der Waals surface area contributed by atoms with E-state index in [9.17, 15) is 14.9 Å². The first-order chi connectivity index (χ1) is 12.9. The largest absolute Gasteiger partial charge is 0.483 e. The minimum absolute atomic E-state index is 0.0208. The molecule has 0 bridgehead atoms. The van der Waals surface area contributed by atoms with Crippen LogP contribution in [0.2, 0.25) is 0 Å². The second-order valence-electron chi connectivity index (χ2n) is 5.59. The summed E-state index contributed by atoms with van der Waals surface area (Å²) in [5.41, 5.74) is 2.29. The summed E-state index contributed by atoms with van der Waals surface area (Å²) in [5, 5.41) is 15.8. The third kappa shape index (κ3) is 4.89. The summed E-state index contributed by atoms with van der Waals surface area (Å²) in [6.45, 7) is 1.47. The van der Waals surface area contributed by atoms with Gasteiger partial charge in [0.2, 0.25) is 0 Å². The lowest BCUT2D eigenvalue weighted by molar-refractivity contribution is -0.384. The lowest BCUT2D eigenvalue weighted by Gasteiger charge is -2.08. The SMILES string of the molecule is Cc1cc([N+](=O)[O-])ccc1OCC(=O)Nc1nc(-c2ccc(Br)cc2)cs1. The highest BCUT2D eigenvalue weighted by atomic mass is 79.9. The average molecular weight is 448 g/mol. The number of aryl methyl sites for hydroxylation is 1. The number of rotatable bonds is 6. The Morgan fingerprint density at radius 2 is 2.04 bits per heavy atom. The van der Waals surface area contributed by atoms with Crippen molar-refractivity contribution in [2.75, 3.05) is 11.9 Å². The van der Waals surface area contributed by atoms with Crippen molar-refractivity contribution in [3.8, 4) is 17.0 Å². The van der Waals surface area contributed by atoms with Crippen LogP contribution in [0.1, 0.15) is 5.56 Å². The molecule has 0 aliphatic rings. The van der Waals surface area contributed by atoms with E-state index >= 15 is 0 Å². The monoisotopic (exact) mass is 447 g/mol. The fraction of sp³-hybridized carbons (Fsp3) is 0.111. The van der Waals surface area contributed by atoms with E-state index in [1.165, 1.54) is 29.5 Å². The van der Waals surface area contributed by atoms with Crippen LogP contribution in [0.4, 0.5) is 10.8 Å². The van der Waals surface area contributed by atoms with Crippen molar-refractivity contribution in [3.63, 3.8) is 0 Å². The molecule has 0 aliphatic heterocycles. The zero-order chi connectivity index (χ0) is 19.4. The lowest BCUT2D eigenvalue weighted by Crippen LogP contribution is -2.20. The predicted molar refractivity (Wildman–Crippen MR) is 107 cm³/mol. The highest BCUT2D eigenvalue weighted by molar-refractivity contribution is 9.10. The molecule has 0 saturated carbocycles. The molecule has 0 saturated heterocycles. The first-order valence-corrected chi connectivity index (χ1v) is 9.49. The Morgan fingerprint density at radius 3 is 2.70 bits per heavy atom. The van der Waals surface area contributed by atoms with Gasteiger partial charge in [0.15, 0.2) is 11.7 Å². The molecule has 2 aromatic carbocycles. The van der Waals surface area contributed by atoms with Crippen molar-refractivity contribution in [1.29, 1.82) is 0 Å². The average Bonchev–Trinajstić information content (AvgIpc) is 3.09. The van der Waals surface area contributed by atoms with Crippen LogP contribution >= 0.6 is 27.3 Å². The Bertz CT molecular complexity index is 989. The Hall–Kier alpha value is -2.78. The molecule has 0 radical (unpaired) electrons. The number of hydrogen-bond acceptors (Lipinski definition) is 6. The number of non-ortho nitro benzene ring substituents is 1. The number of halogens is 1. The quantitative estimate of drug-likeness (QED) is 0.432. The van der Waals surface area contributed by atoms with Gasteiger partial charge in [0.1, 0.15) is 5.75 Å². The van der Waals surface area contributed by atoms with Crippen molar-refractivity contribution in [2.45, 2.75) is 6.92 Å². The van der Waals surface area contributed by atoms with Gasteiger partial charge in [-0.05, 0) is 30.7 Å². The molecule has 138 valence electrons. The van der Waals surface area contributed by atoms with Gasteiger partial charge >= 0.3 is 0 Å². The van der Waals surface area contributed by atoms with Crippen LogP contribution in [0.25, 0.3) is 11.3 Å². The summed E-state index contributed by atoms with van der Waals surface area (Å²) in [7, 11) is 0. The highest BCUT2D eigenvalue weighted by Gasteiger charge is 2.12. The molecule has 0 aliphatic carbocycles. The number of aromatic nitrogens is 1. The molecule has 1 N–H and O–H groups in total. The highest BCUT2D eigenvalue weighted by Crippen LogP contribution is 2.26. The van der Waals surface area contributed by atoms with Gasteiger partial charge in [-0.15, -0.1) is 11.3 Å². The first-order valence-electron chi connectivity index (χ1n) is 7.81. The van der Waals surface area contributed by atoms with Gasteiger partial charge in [0, 0.05) is 27.5 Å². The molecule has 0 fully saturated rings. The molecule has 7 nitrogen and oxygen atoms in total. The van der Waals surface area contributed by atoms with E-state index in [2.05, 4.69) is 26.2 Å². The maximum absolute atomic E-state index is 12.1. The van der Waals surface area contributed by atoms with Crippen LogP contribution < -0.4 is 10.1 Å². The summed E-state index contributed by atoms with van der Waals surface area (Å²) in [6.07, 6.45) is 0. The zero-order valence-electron chi connectivity index (χ0n) is 14.1. The Kier molecular flexibility index (Phi) is 5.82. The summed E-state index contributed by atoms with van der Waals surface area (Å²) in [6, 6.07) is 11.9. The summed E-state index contributed by atoms with van der Waals surface area (Å²) < 4.78 is 6.43. The Balaban J connectivity index is 1.58. The van der Waals surface area contributed by atoms with E-state index in [1.54, 1.807) is 6.92 Å². The van der Waals surface area contributed by atoms with Gasteiger partial charge in [0.25, 0.3) is 11.6 Å². The van der Waals surface area contributed by atoms with Crippen molar-refractivity contribution in [1.82, 2.24) is 4.98 Å². The number of carbonyl (C=O) groups excluding carboxylic acids is 1. The predicted octanol–water partition coefficient (Wildman–Crippen LogP) is 4.81. The Labute approximate surface area is 167 Å². The summed E-state index contributed by atoms with van der Waals surface area (Å²) in [5.74, 6) is 0.0647. The van der Waals surface area contributed by atoms with Crippen LogP contribution in [0.15, 0.2) is 52.3 Å². The molecule has 3 rings (SSSR count). The number of ether oxygens (including phenoxy) is 1. The van der Waals surface area contributed by atoms with Crippen molar-refractivity contribution < 1.29 is 14.5 Å². The number of benzene rings is 2. The molecular formula is C18H14BrN3O4S. The van der Waals surface area contributed by atoms with Crippen LogP contribution in [0.5, 0.6) is 5.75 Å². The molecule has 27 heavy (non-hydrogen) atoms. The number of hydrogen-bond donors (Lipinski definition) is 1. The number of anilines is 1. The van der Waals surface area contributed by atoms with E-state index in [4.69, 9.17) is 4.74 Å². The first kappa shape index (κ1) is 19.0. The normalized spacial score (nSPS) is 10.4. The van der Waals surface area contributed by atoms with Crippen molar-refractivity contribution in [2.24, 2.45) is 0 Å².